The van der Waals surface area contributed by atoms with Crippen molar-refractivity contribution in [2.75, 3.05) is 7.11 Å². The minimum atomic E-state index is -0.242. The van der Waals surface area contributed by atoms with E-state index in [1.54, 1.807) is 12.1 Å². The first kappa shape index (κ1) is 14.5. The molecule has 0 unspecified atom stereocenters. The van der Waals surface area contributed by atoms with E-state index in [9.17, 15) is 4.39 Å². The molecule has 0 saturated carbocycles. The molecule has 0 saturated heterocycles. The molecule has 0 fully saturated rings. The topological polar surface area (TPSA) is 21.3 Å². The molecule has 1 atom stereocenters. The summed E-state index contributed by atoms with van der Waals surface area (Å²) in [5.41, 5.74) is 3.12. The van der Waals surface area contributed by atoms with Gasteiger partial charge in [0.15, 0.2) is 0 Å². The molecule has 2 aromatic rings. The molecule has 1 N–H and O–H groups in total. The lowest BCUT2D eigenvalue weighted by Gasteiger charge is -2.17. The summed E-state index contributed by atoms with van der Waals surface area (Å²) in [6.07, 6.45) is 0. The Labute approximate surface area is 119 Å². The molecule has 2 aromatic carbocycles. The molecule has 0 heterocycles. The predicted molar refractivity (Wildman–Crippen MR) is 79.4 cm³/mol. The Morgan fingerprint density at radius 2 is 1.95 bits per heavy atom. The molecule has 0 aromatic heterocycles. The third-order valence-corrected chi connectivity index (χ3v) is 3.51. The van der Waals surface area contributed by atoms with Crippen molar-refractivity contribution in [1.29, 1.82) is 0 Å². The SMILES string of the molecule is COc1ccc(CN[C@H](C)c2ccccc2C)c(F)c1. The Bertz CT molecular complexity index is 583. The Balaban J connectivity index is 2.04. The maximum Gasteiger partial charge on any atom is 0.131 e. The molecular formula is C17H20FNO. The molecule has 0 bridgehead atoms. The van der Waals surface area contributed by atoms with Crippen molar-refractivity contribution in [2.24, 2.45) is 0 Å². The number of ether oxygens (including phenoxy) is 1. The first-order valence-electron chi connectivity index (χ1n) is 6.73. The van der Waals surface area contributed by atoms with Gasteiger partial charge in [-0.2, -0.15) is 0 Å². The smallest absolute Gasteiger partial charge is 0.131 e. The lowest BCUT2D eigenvalue weighted by Crippen LogP contribution is -2.19. The third kappa shape index (κ3) is 3.36. The quantitative estimate of drug-likeness (QED) is 0.889. The number of benzene rings is 2. The number of hydrogen-bond acceptors (Lipinski definition) is 2. The first-order valence-corrected chi connectivity index (χ1v) is 6.73. The Morgan fingerprint density at radius 3 is 2.60 bits per heavy atom. The monoisotopic (exact) mass is 273 g/mol. The van der Waals surface area contributed by atoms with E-state index in [1.807, 2.05) is 12.1 Å². The van der Waals surface area contributed by atoms with Gasteiger partial charge in [-0.1, -0.05) is 30.3 Å². The van der Waals surface area contributed by atoms with E-state index in [0.29, 0.717) is 17.9 Å². The molecule has 2 nitrogen and oxygen atoms in total. The lowest BCUT2D eigenvalue weighted by atomic mass is 10.0. The van der Waals surface area contributed by atoms with Crippen molar-refractivity contribution in [3.63, 3.8) is 0 Å². The van der Waals surface area contributed by atoms with Crippen LogP contribution in [0.4, 0.5) is 4.39 Å². The van der Waals surface area contributed by atoms with E-state index >= 15 is 0 Å². The molecule has 0 spiro atoms. The van der Waals surface area contributed by atoms with E-state index in [-0.39, 0.29) is 11.9 Å². The van der Waals surface area contributed by atoms with Crippen LogP contribution in [0.5, 0.6) is 5.75 Å². The average molecular weight is 273 g/mol. The summed E-state index contributed by atoms with van der Waals surface area (Å²) in [7, 11) is 1.53. The van der Waals surface area contributed by atoms with Crippen molar-refractivity contribution in [2.45, 2.75) is 26.4 Å². The van der Waals surface area contributed by atoms with Crippen molar-refractivity contribution in [3.05, 3.63) is 65.0 Å². The first-order chi connectivity index (χ1) is 9.61. The summed E-state index contributed by atoms with van der Waals surface area (Å²) >= 11 is 0. The molecule has 0 aliphatic carbocycles. The lowest BCUT2D eigenvalue weighted by molar-refractivity contribution is 0.410. The van der Waals surface area contributed by atoms with Crippen LogP contribution in [0, 0.1) is 12.7 Å². The van der Waals surface area contributed by atoms with Gasteiger partial charge in [0.1, 0.15) is 11.6 Å². The highest BCUT2D eigenvalue weighted by molar-refractivity contribution is 5.30. The zero-order valence-corrected chi connectivity index (χ0v) is 12.1. The minimum Gasteiger partial charge on any atom is -0.497 e. The highest BCUT2D eigenvalue weighted by atomic mass is 19.1. The van der Waals surface area contributed by atoms with Crippen LogP contribution < -0.4 is 10.1 Å². The fourth-order valence-electron chi connectivity index (χ4n) is 2.24. The Morgan fingerprint density at radius 1 is 1.20 bits per heavy atom. The Kier molecular flexibility index (Phi) is 4.74. The molecular weight excluding hydrogens is 253 g/mol. The fourth-order valence-corrected chi connectivity index (χ4v) is 2.24. The molecule has 2 rings (SSSR count). The second-order valence-corrected chi connectivity index (χ2v) is 4.92. The van der Waals surface area contributed by atoms with Crippen LogP contribution in [0.3, 0.4) is 0 Å². The normalized spacial score (nSPS) is 12.2. The number of nitrogens with one attached hydrogen (secondary N) is 1. The average Bonchev–Trinajstić information content (AvgIpc) is 2.46. The van der Waals surface area contributed by atoms with Crippen molar-refractivity contribution >= 4 is 0 Å². The predicted octanol–water partition coefficient (Wildman–Crippen LogP) is 3.99. The van der Waals surface area contributed by atoms with E-state index in [0.717, 1.165) is 0 Å². The summed E-state index contributed by atoms with van der Waals surface area (Å²) < 4.78 is 18.8. The summed E-state index contributed by atoms with van der Waals surface area (Å²) in [5, 5.41) is 3.35. The van der Waals surface area contributed by atoms with E-state index in [4.69, 9.17) is 4.74 Å². The maximum atomic E-state index is 13.8. The minimum absolute atomic E-state index is 0.178. The number of methoxy groups -OCH3 is 1. The van der Waals surface area contributed by atoms with Gasteiger partial charge >= 0.3 is 0 Å². The van der Waals surface area contributed by atoms with Crippen molar-refractivity contribution in [3.8, 4) is 5.75 Å². The van der Waals surface area contributed by atoms with Crippen LogP contribution in [0.25, 0.3) is 0 Å². The van der Waals surface area contributed by atoms with E-state index < -0.39 is 0 Å². The van der Waals surface area contributed by atoms with Crippen molar-refractivity contribution < 1.29 is 9.13 Å². The number of hydrogen-bond donors (Lipinski definition) is 1. The van der Waals surface area contributed by atoms with Crippen LogP contribution >= 0.6 is 0 Å². The van der Waals surface area contributed by atoms with Gasteiger partial charge in [-0.25, -0.2) is 4.39 Å². The zero-order chi connectivity index (χ0) is 14.5. The molecule has 0 aliphatic heterocycles. The maximum absolute atomic E-state index is 13.8. The van der Waals surface area contributed by atoms with Gasteiger partial charge in [-0.15, -0.1) is 0 Å². The highest BCUT2D eigenvalue weighted by Crippen LogP contribution is 2.19. The van der Waals surface area contributed by atoms with Gasteiger partial charge in [0.2, 0.25) is 0 Å². The zero-order valence-electron chi connectivity index (χ0n) is 12.1. The van der Waals surface area contributed by atoms with Crippen LogP contribution in [0.15, 0.2) is 42.5 Å². The molecule has 20 heavy (non-hydrogen) atoms. The Hall–Kier alpha value is -1.87. The summed E-state index contributed by atoms with van der Waals surface area (Å²) in [4.78, 5) is 0. The molecule has 106 valence electrons. The fraction of sp³-hybridized carbons (Fsp3) is 0.294. The summed E-state index contributed by atoms with van der Waals surface area (Å²) in [6, 6.07) is 13.3. The van der Waals surface area contributed by atoms with Crippen LogP contribution in [-0.4, -0.2) is 7.11 Å². The summed E-state index contributed by atoms with van der Waals surface area (Å²) in [5.74, 6) is 0.298. The van der Waals surface area contributed by atoms with Crippen LogP contribution in [0.1, 0.15) is 29.7 Å². The third-order valence-electron chi connectivity index (χ3n) is 3.51. The molecule has 0 aliphatic rings. The van der Waals surface area contributed by atoms with Gasteiger partial charge in [-0.05, 0) is 31.0 Å². The van der Waals surface area contributed by atoms with Gasteiger partial charge < -0.3 is 10.1 Å². The standard InChI is InChI=1S/C17H20FNO/c1-12-6-4-5-7-16(12)13(2)19-11-14-8-9-15(20-3)10-17(14)18/h4-10,13,19H,11H2,1-3H3/t13-/m1/s1. The number of rotatable bonds is 5. The molecule has 0 radical (unpaired) electrons. The highest BCUT2D eigenvalue weighted by Gasteiger charge is 2.09. The molecule has 0 amide bonds. The van der Waals surface area contributed by atoms with Crippen molar-refractivity contribution in [1.82, 2.24) is 5.32 Å². The van der Waals surface area contributed by atoms with Gasteiger partial charge in [0, 0.05) is 24.2 Å². The van der Waals surface area contributed by atoms with Gasteiger partial charge in [-0.3, -0.25) is 0 Å². The van der Waals surface area contributed by atoms with Crippen LogP contribution in [0.2, 0.25) is 0 Å². The second kappa shape index (κ2) is 6.53. The summed E-state index contributed by atoms with van der Waals surface area (Å²) in [6.45, 7) is 4.66. The van der Waals surface area contributed by atoms with Crippen LogP contribution in [-0.2, 0) is 6.54 Å². The number of aryl methyl sites for hydroxylation is 1. The number of halogens is 1. The second-order valence-electron chi connectivity index (χ2n) is 4.92. The van der Waals surface area contributed by atoms with Gasteiger partial charge in [0.05, 0.1) is 7.11 Å². The van der Waals surface area contributed by atoms with Gasteiger partial charge in [0.25, 0.3) is 0 Å². The van der Waals surface area contributed by atoms with E-state index in [1.165, 1.54) is 24.3 Å². The molecule has 3 heteroatoms. The van der Waals surface area contributed by atoms with E-state index in [2.05, 4.69) is 31.3 Å². The largest absolute Gasteiger partial charge is 0.497 e.